The van der Waals surface area contributed by atoms with E-state index in [2.05, 4.69) is 52.3 Å². The van der Waals surface area contributed by atoms with E-state index in [1.807, 2.05) is 0 Å². The van der Waals surface area contributed by atoms with Gasteiger partial charge in [0, 0.05) is 16.2 Å². The molecule has 1 aliphatic carbocycles. The van der Waals surface area contributed by atoms with Crippen LogP contribution in [0.15, 0.2) is 24.3 Å². The first-order chi connectivity index (χ1) is 9.72. The van der Waals surface area contributed by atoms with Gasteiger partial charge in [0.05, 0.1) is 5.60 Å². The molecule has 2 atom stereocenters. The van der Waals surface area contributed by atoms with Crippen molar-refractivity contribution >= 4 is 22.6 Å². The first-order valence-corrected chi connectivity index (χ1v) is 8.66. The van der Waals surface area contributed by atoms with Crippen LogP contribution in [0.3, 0.4) is 0 Å². The van der Waals surface area contributed by atoms with E-state index in [0.717, 1.165) is 19.4 Å². The third-order valence-corrected chi connectivity index (χ3v) is 5.65. The van der Waals surface area contributed by atoms with Crippen molar-refractivity contribution in [2.75, 3.05) is 6.61 Å². The lowest BCUT2D eigenvalue weighted by atomic mass is 9.79. The van der Waals surface area contributed by atoms with Crippen LogP contribution < -0.4 is 11.3 Å². The standard InChI is InChI=1S/C16H23IN2O/c17-14-5-3-12(4-6-14)15(19-18)13-7-10-20-16(11-13)8-1-2-9-16/h3-6,13,15,19H,1-2,7-11,18H2. The summed E-state index contributed by atoms with van der Waals surface area (Å²) in [4.78, 5) is 0. The van der Waals surface area contributed by atoms with Gasteiger partial charge in [0.25, 0.3) is 0 Å². The van der Waals surface area contributed by atoms with Crippen LogP contribution >= 0.6 is 22.6 Å². The summed E-state index contributed by atoms with van der Waals surface area (Å²) in [5, 5.41) is 0. The maximum atomic E-state index is 6.14. The van der Waals surface area contributed by atoms with Gasteiger partial charge < -0.3 is 4.74 Å². The quantitative estimate of drug-likeness (QED) is 0.475. The van der Waals surface area contributed by atoms with Gasteiger partial charge in [-0.15, -0.1) is 0 Å². The fourth-order valence-corrected chi connectivity index (χ4v) is 4.25. The first-order valence-electron chi connectivity index (χ1n) is 7.58. The minimum absolute atomic E-state index is 0.154. The SMILES string of the molecule is NNC(c1ccc(I)cc1)C1CCOC2(CCCC2)C1. The van der Waals surface area contributed by atoms with Crippen molar-refractivity contribution in [2.45, 2.75) is 50.2 Å². The van der Waals surface area contributed by atoms with Gasteiger partial charge in [0.2, 0.25) is 0 Å². The summed E-state index contributed by atoms with van der Waals surface area (Å²) in [6.07, 6.45) is 7.34. The summed E-state index contributed by atoms with van der Waals surface area (Å²) in [5.74, 6) is 6.44. The summed E-state index contributed by atoms with van der Waals surface area (Å²) in [6, 6.07) is 8.95. The zero-order chi connectivity index (χ0) is 14.0. The Morgan fingerprint density at radius 3 is 2.60 bits per heavy atom. The lowest BCUT2D eigenvalue weighted by Gasteiger charge is -2.41. The van der Waals surface area contributed by atoms with Gasteiger partial charge in [-0.1, -0.05) is 25.0 Å². The molecule has 2 fully saturated rings. The molecule has 1 aromatic carbocycles. The predicted octanol–water partition coefficient (Wildman–Crippen LogP) is 3.54. The highest BCUT2D eigenvalue weighted by molar-refractivity contribution is 14.1. The van der Waals surface area contributed by atoms with Gasteiger partial charge in [-0.05, 0) is 71.9 Å². The van der Waals surface area contributed by atoms with Crippen LogP contribution in [0.25, 0.3) is 0 Å². The third kappa shape index (κ3) is 3.03. The van der Waals surface area contributed by atoms with Crippen LogP contribution in [-0.2, 0) is 4.74 Å². The molecule has 2 aliphatic rings. The number of rotatable bonds is 3. The van der Waals surface area contributed by atoms with Crippen molar-refractivity contribution in [1.29, 1.82) is 0 Å². The molecule has 110 valence electrons. The number of nitrogens with two attached hydrogens (primary N) is 1. The monoisotopic (exact) mass is 386 g/mol. The van der Waals surface area contributed by atoms with Gasteiger partial charge in [-0.25, -0.2) is 0 Å². The molecule has 0 radical (unpaired) electrons. The van der Waals surface area contributed by atoms with E-state index in [0.29, 0.717) is 5.92 Å². The second-order valence-corrected chi connectivity index (χ2v) is 7.43. The number of hydrogen-bond acceptors (Lipinski definition) is 3. The smallest absolute Gasteiger partial charge is 0.0686 e. The average Bonchev–Trinajstić information content (AvgIpc) is 2.90. The molecule has 3 N–H and O–H groups in total. The maximum Gasteiger partial charge on any atom is 0.0686 e. The highest BCUT2D eigenvalue weighted by Crippen LogP contribution is 2.45. The molecule has 2 unspecified atom stereocenters. The predicted molar refractivity (Wildman–Crippen MR) is 89.1 cm³/mol. The molecule has 1 aliphatic heterocycles. The molecule has 3 nitrogen and oxygen atoms in total. The Hall–Kier alpha value is -0.170. The molecule has 1 saturated heterocycles. The summed E-state index contributed by atoms with van der Waals surface area (Å²) in [6.45, 7) is 0.882. The fraction of sp³-hybridized carbons (Fsp3) is 0.625. The van der Waals surface area contributed by atoms with E-state index in [1.165, 1.54) is 34.8 Å². The van der Waals surface area contributed by atoms with Crippen molar-refractivity contribution in [1.82, 2.24) is 5.43 Å². The van der Waals surface area contributed by atoms with Gasteiger partial charge in [0.1, 0.15) is 0 Å². The van der Waals surface area contributed by atoms with E-state index in [9.17, 15) is 0 Å². The van der Waals surface area contributed by atoms with Crippen molar-refractivity contribution in [3.63, 3.8) is 0 Å². The molecular formula is C16H23IN2O. The van der Waals surface area contributed by atoms with E-state index in [1.54, 1.807) is 0 Å². The number of hydrazine groups is 1. The maximum absolute atomic E-state index is 6.14. The van der Waals surface area contributed by atoms with Crippen LogP contribution in [0.2, 0.25) is 0 Å². The molecule has 1 saturated carbocycles. The number of benzene rings is 1. The Labute approximate surface area is 134 Å². The van der Waals surface area contributed by atoms with E-state index in [4.69, 9.17) is 10.6 Å². The highest BCUT2D eigenvalue weighted by atomic mass is 127. The molecule has 1 heterocycles. The molecule has 20 heavy (non-hydrogen) atoms. The van der Waals surface area contributed by atoms with Crippen LogP contribution in [0.1, 0.15) is 50.1 Å². The number of hydrogen-bond donors (Lipinski definition) is 2. The largest absolute Gasteiger partial charge is 0.375 e. The topological polar surface area (TPSA) is 47.3 Å². The van der Waals surface area contributed by atoms with Gasteiger partial charge >= 0.3 is 0 Å². The van der Waals surface area contributed by atoms with Gasteiger partial charge in [0.15, 0.2) is 0 Å². The Kier molecular flexibility index (Phi) is 4.65. The Balaban J connectivity index is 1.76. The zero-order valence-electron chi connectivity index (χ0n) is 11.8. The summed E-state index contributed by atoms with van der Waals surface area (Å²) < 4.78 is 7.40. The molecule has 1 aromatic rings. The van der Waals surface area contributed by atoms with Crippen molar-refractivity contribution in [2.24, 2.45) is 11.8 Å². The van der Waals surface area contributed by atoms with Gasteiger partial charge in [-0.2, -0.15) is 0 Å². The summed E-state index contributed by atoms with van der Waals surface area (Å²) in [7, 11) is 0. The average molecular weight is 386 g/mol. The van der Waals surface area contributed by atoms with Gasteiger partial charge in [-0.3, -0.25) is 11.3 Å². The zero-order valence-corrected chi connectivity index (χ0v) is 13.9. The fourth-order valence-electron chi connectivity index (χ4n) is 3.89. The van der Waals surface area contributed by atoms with Crippen LogP contribution in [0.5, 0.6) is 0 Å². The van der Waals surface area contributed by atoms with Crippen LogP contribution in [0.4, 0.5) is 0 Å². The Morgan fingerprint density at radius 2 is 1.95 bits per heavy atom. The van der Waals surface area contributed by atoms with E-state index in [-0.39, 0.29) is 11.6 Å². The van der Waals surface area contributed by atoms with Crippen LogP contribution in [0, 0.1) is 9.49 Å². The van der Waals surface area contributed by atoms with E-state index < -0.39 is 0 Å². The number of halogens is 1. The minimum Gasteiger partial charge on any atom is -0.375 e. The lowest BCUT2D eigenvalue weighted by Crippen LogP contribution is -2.43. The number of ether oxygens (including phenoxy) is 1. The molecule has 3 rings (SSSR count). The Morgan fingerprint density at radius 1 is 1.25 bits per heavy atom. The summed E-state index contributed by atoms with van der Waals surface area (Å²) in [5.41, 5.74) is 4.51. The lowest BCUT2D eigenvalue weighted by molar-refractivity contribution is -0.0982. The number of nitrogens with one attached hydrogen (secondary N) is 1. The summed E-state index contributed by atoms with van der Waals surface area (Å²) >= 11 is 2.34. The molecular weight excluding hydrogens is 363 g/mol. The van der Waals surface area contributed by atoms with Crippen molar-refractivity contribution < 1.29 is 4.74 Å². The molecule has 4 heteroatoms. The first kappa shape index (κ1) is 14.8. The molecule has 0 aromatic heterocycles. The van der Waals surface area contributed by atoms with Crippen LogP contribution in [-0.4, -0.2) is 12.2 Å². The second-order valence-electron chi connectivity index (χ2n) is 6.19. The molecule has 1 spiro atoms. The second kappa shape index (κ2) is 6.30. The minimum atomic E-state index is 0.154. The third-order valence-electron chi connectivity index (χ3n) is 4.93. The molecule has 0 amide bonds. The van der Waals surface area contributed by atoms with E-state index >= 15 is 0 Å². The highest BCUT2D eigenvalue weighted by Gasteiger charge is 2.42. The molecule has 0 bridgehead atoms. The normalized spacial score (nSPS) is 26.8. The van der Waals surface area contributed by atoms with Crippen molar-refractivity contribution in [3.8, 4) is 0 Å². The Bertz CT molecular complexity index is 442. The van der Waals surface area contributed by atoms with Crippen molar-refractivity contribution in [3.05, 3.63) is 33.4 Å².